The Bertz CT molecular complexity index is 3310. The lowest BCUT2D eigenvalue weighted by molar-refractivity contribution is 0.380. The number of allylic oxidation sites excluding steroid dienone is 4. The SMILES string of the molecule is CC1(C)C2=CC3(C)C4=C(C2(C)c2ccccc21)C1(C)C(=CC4(C)N(c2ccc(-c4ccc(C5CCCCC5)cc4)cc2-c2ccccc2)c2cc4ccccc4cc23)C(C)(C)c2ccccc21. The van der Waals surface area contributed by atoms with Gasteiger partial charge in [-0.15, -0.1) is 0 Å². The van der Waals surface area contributed by atoms with Crippen LogP contribution in [0, 0.1) is 0 Å². The summed E-state index contributed by atoms with van der Waals surface area (Å²) in [5.74, 6) is 0.687. The van der Waals surface area contributed by atoms with Gasteiger partial charge in [-0.25, -0.2) is 0 Å². The van der Waals surface area contributed by atoms with E-state index in [1.807, 2.05) is 0 Å². The van der Waals surface area contributed by atoms with E-state index in [1.54, 1.807) is 5.57 Å². The van der Waals surface area contributed by atoms with Gasteiger partial charge in [0.1, 0.15) is 0 Å². The van der Waals surface area contributed by atoms with Crippen molar-refractivity contribution >= 4 is 22.1 Å². The van der Waals surface area contributed by atoms with Crippen LogP contribution >= 0.6 is 0 Å². The Morgan fingerprint density at radius 1 is 0.418 bits per heavy atom. The topological polar surface area (TPSA) is 3.24 Å². The van der Waals surface area contributed by atoms with E-state index in [2.05, 4.69) is 230 Å². The summed E-state index contributed by atoms with van der Waals surface area (Å²) in [6, 6.07) is 61.3. The van der Waals surface area contributed by atoms with Gasteiger partial charge in [-0.1, -0.05) is 193 Å². The zero-order valence-corrected chi connectivity index (χ0v) is 40.7. The first-order valence-electron chi connectivity index (χ1n) is 25.3. The summed E-state index contributed by atoms with van der Waals surface area (Å²) in [6.07, 6.45) is 12.3. The third kappa shape index (κ3) is 5.22. The number of nitrogens with zero attached hydrogens (tertiary/aromatic N) is 1. The molecule has 1 fully saturated rings. The first-order chi connectivity index (χ1) is 32.2. The summed E-state index contributed by atoms with van der Waals surface area (Å²) in [5, 5.41) is 2.56. The van der Waals surface area contributed by atoms with Crippen molar-refractivity contribution in [1.82, 2.24) is 0 Å². The largest absolute Gasteiger partial charge is 0.327 e. The molecule has 0 amide bonds. The van der Waals surface area contributed by atoms with Crippen molar-refractivity contribution in [1.29, 1.82) is 0 Å². The number of fused-ring (bicyclic) bond motifs is 11. The zero-order valence-electron chi connectivity index (χ0n) is 40.7. The maximum absolute atomic E-state index is 2.81. The average Bonchev–Trinajstić information content (AvgIpc) is 3.64. The van der Waals surface area contributed by atoms with Crippen LogP contribution in [-0.2, 0) is 27.1 Å². The highest BCUT2D eigenvalue weighted by atomic mass is 15.2. The molecule has 0 N–H and O–H groups in total. The van der Waals surface area contributed by atoms with Gasteiger partial charge in [0, 0.05) is 38.3 Å². The number of hydrogen-bond donors (Lipinski definition) is 0. The van der Waals surface area contributed by atoms with E-state index in [0.717, 1.165) is 0 Å². The van der Waals surface area contributed by atoms with E-state index in [0.29, 0.717) is 5.92 Å². The molecule has 332 valence electrons. The average molecular weight is 870 g/mol. The normalized spacial score (nSPS) is 27.3. The highest BCUT2D eigenvalue weighted by Crippen LogP contribution is 2.75. The lowest BCUT2D eigenvalue weighted by atomic mass is 9.45. The molecule has 0 bridgehead atoms. The van der Waals surface area contributed by atoms with Crippen LogP contribution in [0.5, 0.6) is 0 Å². The summed E-state index contributed by atoms with van der Waals surface area (Å²) in [6.45, 7) is 20.4. The van der Waals surface area contributed by atoms with E-state index < -0.39 is 11.0 Å². The van der Waals surface area contributed by atoms with E-state index in [-0.39, 0.29) is 21.7 Å². The van der Waals surface area contributed by atoms with Crippen molar-refractivity contribution in [2.45, 2.75) is 126 Å². The Morgan fingerprint density at radius 2 is 0.955 bits per heavy atom. The number of hydrogen-bond acceptors (Lipinski definition) is 1. The third-order valence-electron chi connectivity index (χ3n) is 18.6. The molecule has 0 saturated heterocycles. The van der Waals surface area contributed by atoms with Crippen molar-refractivity contribution in [2.24, 2.45) is 0 Å². The molecule has 4 unspecified atom stereocenters. The Balaban J connectivity index is 1.15. The molecule has 0 radical (unpaired) electrons. The smallest absolute Gasteiger partial charge is 0.0836 e. The second kappa shape index (κ2) is 13.7. The fourth-order valence-corrected chi connectivity index (χ4v) is 15.7. The molecule has 6 aliphatic rings. The van der Waals surface area contributed by atoms with Gasteiger partial charge in [-0.05, 0) is 154 Å². The molecular weight excluding hydrogens is 807 g/mol. The standard InChI is InChI=1S/C66H63N/c1-61(2)50-27-17-19-29-52(50)65(7)57(61)40-63(5)54-38-46-25-15-16-26-47(46)39-56(54)67(64(6)41-58-62(3,4)51-28-18-20-30-53(51)66(58,8)60(65)59(63)64)55-36-35-48(37-49(55)45-23-13-10-14-24-45)44-33-31-43(32-34-44)42-21-11-9-12-22-42/h10,13-20,23-42H,9,11-12,21-22H2,1-8H3. The number of benzene rings is 7. The first-order valence-corrected chi connectivity index (χ1v) is 25.3. The Labute approximate surface area is 399 Å². The maximum Gasteiger partial charge on any atom is 0.0836 e. The van der Waals surface area contributed by atoms with Crippen LogP contribution in [0.2, 0.25) is 0 Å². The highest BCUT2D eigenvalue weighted by Gasteiger charge is 2.69. The Hall–Kier alpha value is -6.18. The number of anilines is 2. The van der Waals surface area contributed by atoms with Gasteiger partial charge >= 0.3 is 0 Å². The van der Waals surface area contributed by atoms with E-state index >= 15 is 0 Å². The second-order valence-corrected chi connectivity index (χ2v) is 22.9. The van der Waals surface area contributed by atoms with Gasteiger partial charge in [0.05, 0.1) is 11.2 Å². The van der Waals surface area contributed by atoms with Gasteiger partial charge in [-0.2, -0.15) is 0 Å². The van der Waals surface area contributed by atoms with Crippen LogP contribution in [-0.4, -0.2) is 5.54 Å². The molecule has 1 saturated carbocycles. The second-order valence-electron chi connectivity index (χ2n) is 22.9. The molecule has 0 aromatic heterocycles. The molecule has 67 heavy (non-hydrogen) atoms. The minimum absolute atomic E-state index is 0.173. The monoisotopic (exact) mass is 869 g/mol. The predicted molar refractivity (Wildman–Crippen MR) is 282 cm³/mol. The van der Waals surface area contributed by atoms with Crippen molar-refractivity contribution in [3.8, 4) is 22.3 Å². The van der Waals surface area contributed by atoms with Gasteiger partial charge in [0.15, 0.2) is 0 Å². The molecule has 1 heteroatoms. The summed E-state index contributed by atoms with van der Waals surface area (Å²) >= 11 is 0. The van der Waals surface area contributed by atoms with Crippen molar-refractivity contribution in [3.05, 3.63) is 226 Å². The van der Waals surface area contributed by atoms with Crippen molar-refractivity contribution < 1.29 is 0 Å². The van der Waals surface area contributed by atoms with Gasteiger partial charge in [0.2, 0.25) is 0 Å². The quantitative estimate of drug-likeness (QED) is 0.159. The van der Waals surface area contributed by atoms with Gasteiger partial charge in [-0.3, -0.25) is 0 Å². The molecule has 1 heterocycles. The van der Waals surface area contributed by atoms with Crippen LogP contribution < -0.4 is 4.90 Å². The van der Waals surface area contributed by atoms with E-state index in [4.69, 9.17) is 0 Å². The highest BCUT2D eigenvalue weighted by molar-refractivity contribution is 5.97. The van der Waals surface area contributed by atoms with Crippen LogP contribution in [0.3, 0.4) is 0 Å². The summed E-state index contributed by atoms with van der Waals surface area (Å²) in [5.41, 5.74) is 20.3. The minimum Gasteiger partial charge on any atom is -0.327 e. The molecule has 13 rings (SSSR count). The maximum atomic E-state index is 2.81. The van der Waals surface area contributed by atoms with Crippen LogP contribution in [0.25, 0.3) is 33.0 Å². The van der Waals surface area contributed by atoms with Gasteiger partial charge in [0.25, 0.3) is 0 Å². The summed E-state index contributed by atoms with van der Waals surface area (Å²) in [4.78, 5) is 2.81. The van der Waals surface area contributed by atoms with E-state index in [1.165, 1.54) is 127 Å². The summed E-state index contributed by atoms with van der Waals surface area (Å²) < 4.78 is 0. The number of rotatable bonds is 4. The lowest BCUT2D eigenvalue weighted by Crippen LogP contribution is -2.61. The third-order valence-corrected chi connectivity index (χ3v) is 18.6. The van der Waals surface area contributed by atoms with Crippen molar-refractivity contribution in [2.75, 3.05) is 4.90 Å². The Kier molecular flexibility index (Phi) is 8.40. The molecule has 1 nitrogen and oxygen atoms in total. The predicted octanol–water partition coefficient (Wildman–Crippen LogP) is 17.1. The lowest BCUT2D eigenvalue weighted by Gasteiger charge is -2.63. The Morgan fingerprint density at radius 3 is 1.58 bits per heavy atom. The van der Waals surface area contributed by atoms with Crippen molar-refractivity contribution in [3.63, 3.8) is 0 Å². The van der Waals surface area contributed by atoms with Crippen LogP contribution in [0.4, 0.5) is 11.4 Å². The zero-order chi connectivity index (χ0) is 45.9. The molecule has 0 spiro atoms. The minimum atomic E-state index is -0.562. The molecule has 7 aromatic rings. The van der Waals surface area contributed by atoms with Crippen LogP contribution in [0.1, 0.15) is 127 Å². The fourth-order valence-electron chi connectivity index (χ4n) is 15.7. The van der Waals surface area contributed by atoms with E-state index in [9.17, 15) is 0 Å². The fraction of sp³-hybridized carbons (Fsp3) is 0.303. The van der Waals surface area contributed by atoms with Crippen LogP contribution in [0.15, 0.2) is 192 Å². The summed E-state index contributed by atoms with van der Waals surface area (Å²) in [7, 11) is 0. The van der Waals surface area contributed by atoms with Gasteiger partial charge < -0.3 is 4.90 Å². The molecule has 1 aliphatic heterocycles. The molecule has 4 atom stereocenters. The molecule has 5 aliphatic carbocycles. The molecular formula is C66H63N. The molecule has 7 aromatic carbocycles. The first kappa shape index (κ1) is 41.0.